The SMILES string of the molecule is Cc1ccc2ncc(C(=O)NCCOc3ccc(C(C)(C)C)cc3)c(=O)n2c1. The van der Waals surface area contributed by atoms with E-state index in [0.29, 0.717) is 12.3 Å². The van der Waals surface area contributed by atoms with Gasteiger partial charge in [-0.1, -0.05) is 39.0 Å². The third kappa shape index (κ3) is 4.39. The van der Waals surface area contributed by atoms with E-state index in [-0.39, 0.29) is 23.1 Å². The van der Waals surface area contributed by atoms with Gasteiger partial charge in [0.2, 0.25) is 0 Å². The van der Waals surface area contributed by atoms with E-state index in [1.54, 1.807) is 12.3 Å². The number of rotatable bonds is 5. The number of pyridine rings is 1. The van der Waals surface area contributed by atoms with Gasteiger partial charge in [-0.2, -0.15) is 0 Å². The maximum atomic E-state index is 12.5. The topological polar surface area (TPSA) is 72.7 Å². The molecule has 28 heavy (non-hydrogen) atoms. The normalized spacial score (nSPS) is 11.4. The van der Waals surface area contributed by atoms with Crippen LogP contribution in [0.2, 0.25) is 0 Å². The molecule has 1 N–H and O–H groups in total. The molecule has 0 radical (unpaired) electrons. The lowest BCUT2D eigenvalue weighted by atomic mass is 9.87. The Kier molecular flexibility index (Phi) is 5.49. The summed E-state index contributed by atoms with van der Waals surface area (Å²) in [4.78, 5) is 29.0. The van der Waals surface area contributed by atoms with Crippen molar-refractivity contribution in [3.05, 3.63) is 75.8 Å². The Balaban J connectivity index is 1.58. The van der Waals surface area contributed by atoms with Crippen molar-refractivity contribution in [3.63, 3.8) is 0 Å². The zero-order valence-electron chi connectivity index (χ0n) is 16.7. The van der Waals surface area contributed by atoms with E-state index in [4.69, 9.17) is 4.74 Å². The first-order valence-electron chi connectivity index (χ1n) is 9.25. The maximum absolute atomic E-state index is 12.5. The standard InChI is InChI=1S/C22H25N3O3/c1-15-5-10-19-24-13-18(21(27)25(19)14-15)20(26)23-11-12-28-17-8-6-16(7-9-17)22(2,3)4/h5-10,13-14H,11-12H2,1-4H3,(H,23,26). The molecule has 0 spiro atoms. The molecule has 1 amide bonds. The van der Waals surface area contributed by atoms with Crippen molar-refractivity contribution in [2.45, 2.75) is 33.1 Å². The van der Waals surface area contributed by atoms with Crippen LogP contribution in [0.5, 0.6) is 5.75 Å². The number of fused-ring (bicyclic) bond motifs is 1. The van der Waals surface area contributed by atoms with Crippen molar-refractivity contribution in [2.24, 2.45) is 0 Å². The van der Waals surface area contributed by atoms with Crippen molar-refractivity contribution >= 4 is 11.6 Å². The fraction of sp³-hybridized carbons (Fsp3) is 0.318. The zero-order chi connectivity index (χ0) is 20.3. The number of nitrogens with one attached hydrogen (secondary N) is 1. The van der Waals surface area contributed by atoms with Crippen molar-refractivity contribution < 1.29 is 9.53 Å². The van der Waals surface area contributed by atoms with Crippen LogP contribution >= 0.6 is 0 Å². The molecule has 0 atom stereocenters. The maximum Gasteiger partial charge on any atom is 0.270 e. The van der Waals surface area contributed by atoms with Crippen molar-refractivity contribution in [1.29, 1.82) is 0 Å². The van der Waals surface area contributed by atoms with E-state index in [0.717, 1.165) is 11.3 Å². The summed E-state index contributed by atoms with van der Waals surface area (Å²) in [6, 6.07) is 11.5. The van der Waals surface area contributed by atoms with Gasteiger partial charge >= 0.3 is 0 Å². The quantitative estimate of drug-likeness (QED) is 0.692. The number of benzene rings is 1. The molecule has 2 heterocycles. The number of aromatic nitrogens is 2. The molecule has 0 aliphatic rings. The zero-order valence-corrected chi connectivity index (χ0v) is 16.7. The fourth-order valence-corrected chi connectivity index (χ4v) is 2.82. The van der Waals surface area contributed by atoms with Crippen molar-refractivity contribution in [1.82, 2.24) is 14.7 Å². The molecule has 146 valence electrons. The van der Waals surface area contributed by atoms with Crippen LogP contribution in [0.4, 0.5) is 0 Å². The second-order valence-electron chi connectivity index (χ2n) is 7.79. The van der Waals surface area contributed by atoms with E-state index in [2.05, 4.69) is 31.1 Å². The van der Waals surface area contributed by atoms with Gasteiger partial charge in [0.1, 0.15) is 23.6 Å². The largest absolute Gasteiger partial charge is 0.492 e. The average molecular weight is 379 g/mol. The monoisotopic (exact) mass is 379 g/mol. The molecule has 0 saturated carbocycles. The summed E-state index contributed by atoms with van der Waals surface area (Å²) in [5.41, 5.74) is 2.37. The number of ether oxygens (including phenoxy) is 1. The molecular formula is C22H25N3O3. The Morgan fingerprint density at radius 3 is 2.54 bits per heavy atom. The van der Waals surface area contributed by atoms with Crippen LogP contribution in [0.25, 0.3) is 5.65 Å². The van der Waals surface area contributed by atoms with Crippen LogP contribution < -0.4 is 15.6 Å². The first kappa shape index (κ1) is 19.6. The number of aryl methyl sites for hydroxylation is 1. The van der Waals surface area contributed by atoms with E-state index >= 15 is 0 Å². The summed E-state index contributed by atoms with van der Waals surface area (Å²) in [6.07, 6.45) is 2.99. The molecule has 0 saturated heterocycles. The number of hydrogen-bond acceptors (Lipinski definition) is 4. The highest BCUT2D eigenvalue weighted by Gasteiger charge is 2.14. The van der Waals surface area contributed by atoms with Crippen LogP contribution in [-0.4, -0.2) is 28.4 Å². The summed E-state index contributed by atoms with van der Waals surface area (Å²) < 4.78 is 7.05. The van der Waals surface area contributed by atoms with Crippen LogP contribution in [-0.2, 0) is 5.41 Å². The molecule has 3 rings (SSSR count). The Hall–Kier alpha value is -3.15. The van der Waals surface area contributed by atoms with Crippen LogP contribution in [0.15, 0.2) is 53.6 Å². The number of nitrogens with zero attached hydrogens (tertiary/aromatic N) is 2. The Labute approximate surface area is 164 Å². The summed E-state index contributed by atoms with van der Waals surface area (Å²) >= 11 is 0. The smallest absolute Gasteiger partial charge is 0.270 e. The molecular weight excluding hydrogens is 354 g/mol. The predicted molar refractivity (Wildman–Crippen MR) is 109 cm³/mol. The molecule has 3 aromatic rings. The lowest BCUT2D eigenvalue weighted by Crippen LogP contribution is -2.34. The summed E-state index contributed by atoms with van der Waals surface area (Å²) in [5.74, 6) is 0.283. The van der Waals surface area contributed by atoms with Gasteiger partial charge in [0.25, 0.3) is 11.5 Å². The first-order chi connectivity index (χ1) is 13.3. The van der Waals surface area contributed by atoms with Gasteiger partial charge in [0, 0.05) is 12.4 Å². The first-order valence-corrected chi connectivity index (χ1v) is 9.25. The second kappa shape index (κ2) is 7.84. The van der Waals surface area contributed by atoms with E-state index < -0.39 is 5.91 Å². The molecule has 0 aliphatic heterocycles. The minimum absolute atomic E-state index is 0.0117. The molecule has 0 aliphatic carbocycles. The molecule has 6 nitrogen and oxygen atoms in total. The van der Waals surface area contributed by atoms with Gasteiger partial charge in [-0.15, -0.1) is 0 Å². The molecule has 0 unspecified atom stereocenters. The lowest BCUT2D eigenvalue weighted by Gasteiger charge is -2.19. The van der Waals surface area contributed by atoms with Crippen LogP contribution in [0, 0.1) is 6.92 Å². The highest BCUT2D eigenvalue weighted by Crippen LogP contribution is 2.24. The van der Waals surface area contributed by atoms with E-state index in [1.807, 2.05) is 37.3 Å². The van der Waals surface area contributed by atoms with Gasteiger partial charge in [-0.05, 0) is 41.7 Å². The van der Waals surface area contributed by atoms with Gasteiger partial charge in [-0.25, -0.2) is 4.98 Å². The minimum atomic E-state index is -0.458. The average Bonchev–Trinajstić information content (AvgIpc) is 2.65. The number of amides is 1. The van der Waals surface area contributed by atoms with Gasteiger partial charge in [0.05, 0.1) is 6.54 Å². The van der Waals surface area contributed by atoms with Crippen molar-refractivity contribution in [3.8, 4) is 5.75 Å². The number of carbonyl (C=O) groups is 1. The van der Waals surface area contributed by atoms with E-state index in [9.17, 15) is 9.59 Å². The number of carbonyl (C=O) groups excluding carboxylic acids is 1. The molecule has 0 fully saturated rings. The summed E-state index contributed by atoms with van der Waals surface area (Å²) in [6.45, 7) is 8.94. The fourth-order valence-electron chi connectivity index (χ4n) is 2.82. The molecule has 6 heteroatoms. The lowest BCUT2D eigenvalue weighted by molar-refractivity contribution is 0.0945. The Morgan fingerprint density at radius 2 is 1.86 bits per heavy atom. The second-order valence-corrected chi connectivity index (χ2v) is 7.79. The van der Waals surface area contributed by atoms with Crippen molar-refractivity contribution in [2.75, 3.05) is 13.2 Å². The summed E-state index contributed by atoms with van der Waals surface area (Å²) in [7, 11) is 0. The highest BCUT2D eigenvalue weighted by molar-refractivity contribution is 5.93. The summed E-state index contributed by atoms with van der Waals surface area (Å²) in [5, 5.41) is 2.71. The predicted octanol–water partition coefficient (Wildman–Crippen LogP) is 3.11. The molecule has 0 bridgehead atoms. The van der Waals surface area contributed by atoms with Gasteiger partial charge in [-0.3, -0.25) is 14.0 Å². The Morgan fingerprint density at radius 1 is 1.14 bits per heavy atom. The third-order valence-electron chi connectivity index (χ3n) is 4.47. The Bertz CT molecular complexity index is 1050. The van der Waals surface area contributed by atoms with E-state index in [1.165, 1.54) is 16.2 Å². The third-order valence-corrected chi connectivity index (χ3v) is 4.47. The van der Waals surface area contributed by atoms with Crippen LogP contribution in [0.3, 0.4) is 0 Å². The van der Waals surface area contributed by atoms with Crippen LogP contribution in [0.1, 0.15) is 42.3 Å². The minimum Gasteiger partial charge on any atom is -0.492 e. The number of hydrogen-bond donors (Lipinski definition) is 1. The van der Waals surface area contributed by atoms with Gasteiger partial charge in [0.15, 0.2) is 0 Å². The highest BCUT2D eigenvalue weighted by atomic mass is 16.5. The van der Waals surface area contributed by atoms with Gasteiger partial charge < -0.3 is 10.1 Å². The molecule has 2 aromatic heterocycles. The molecule has 1 aromatic carbocycles.